The Morgan fingerprint density at radius 3 is 3.09 bits per heavy atom. The first-order valence-electron chi connectivity index (χ1n) is 3.54. The molecule has 0 bridgehead atoms. The number of hydrogen-bond acceptors (Lipinski definition) is 3. The van der Waals surface area contributed by atoms with Crippen LogP contribution in [0.25, 0.3) is 0 Å². The highest BCUT2D eigenvalue weighted by Crippen LogP contribution is 1.96. The maximum absolute atomic E-state index is 4.04. The fraction of sp³-hybridized carbons (Fsp3) is 0.250. The molecule has 58 valence electrons. The zero-order chi connectivity index (χ0) is 7.94. The van der Waals surface area contributed by atoms with E-state index in [1.54, 1.807) is 18.6 Å². The average molecular weight is 149 g/mol. The van der Waals surface area contributed by atoms with Crippen molar-refractivity contribution >= 4 is 5.82 Å². The van der Waals surface area contributed by atoms with Gasteiger partial charge in [-0.25, -0.2) is 4.98 Å². The van der Waals surface area contributed by atoms with Crippen molar-refractivity contribution in [2.24, 2.45) is 0 Å². The Hall–Kier alpha value is -1.38. The molecular formula is C8H11N3. The van der Waals surface area contributed by atoms with Gasteiger partial charge in [0, 0.05) is 18.9 Å². The smallest absolute Gasteiger partial charge is 0.144 e. The summed E-state index contributed by atoms with van der Waals surface area (Å²) in [4.78, 5) is 7.96. The van der Waals surface area contributed by atoms with Crippen LogP contribution >= 0.6 is 0 Å². The molecule has 1 N–H and O–H groups in total. The zero-order valence-electron chi connectivity index (χ0n) is 6.33. The van der Waals surface area contributed by atoms with Crippen molar-refractivity contribution in [3.8, 4) is 0 Å². The third-order valence-corrected chi connectivity index (χ3v) is 1.22. The summed E-state index contributed by atoms with van der Waals surface area (Å²) in [6.07, 6.45) is 7.82. The van der Waals surface area contributed by atoms with Crippen molar-refractivity contribution in [3.63, 3.8) is 0 Å². The lowest BCUT2D eigenvalue weighted by Crippen LogP contribution is -2.01. The lowest BCUT2D eigenvalue weighted by Gasteiger charge is -2.00. The SMILES string of the molecule is C=CCCNc1cnccn1. The fourth-order valence-corrected chi connectivity index (χ4v) is 0.693. The van der Waals surface area contributed by atoms with Gasteiger partial charge in [-0.1, -0.05) is 6.08 Å². The molecule has 1 heterocycles. The van der Waals surface area contributed by atoms with Crippen molar-refractivity contribution in [3.05, 3.63) is 31.2 Å². The van der Waals surface area contributed by atoms with Crippen LogP contribution in [0.15, 0.2) is 31.2 Å². The maximum atomic E-state index is 4.04. The van der Waals surface area contributed by atoms with Gasteiger partial charge in [0.1, 0.15) is 5.82 Å². The standard InChI is InChI=1S/C8H11N3/c1-2-3-4-10-8-7-9-5-6-11-8/h2,5-7H,1,3-4H2,(H,10,11). The minimum atomic E-state index is 0.814. The molecule has 0 aliphatic rings. The molecule has 0 radical (unpaired) electrons. The summed E-state index contributed by atoms with van der Waals surface area (Å²) in [5, 5.41) is 3.10. The van der Waals surface area contributed by atoms with E-state index in [0.29, 0.717) is 0 Å². The van der Waals surface area contributed by atoms with Gasteiger partial charge >= 0.3 is 0 Å². The second-order valence-corrected chi connectivity index (χ2v) is 2.09. The van der Waals surface area contributed by atoms with Gasteiger partial charge < -0.3 is 5.32 Å². The Bertz CT molecular complexity index is 208. The molecule has 1 aromatic rings. The van der Waals surface area contributed by atoms with E-state index in [1.807, 2.05) is 6.08 Å². The van der Waals surface area contributed by atoms with E-state index in [1.165, 1.54) is 0 Å². The Kier molecular flexibility index (Phi) is 3.12. The summed E-state index contributed by atoms with van der Waals surface area (Å²) in [5.74, 6) is 0.814. The van der Waals surface area contributed by atoms with E-state index < -0.39 is 0 Å². The van der Waals surface area contributed by atoms with Crippen LogP contribution < -0.4 is 5.32 Å². The van der Waals surface area contributed by atoms with Crippen molar-refractivity contribution < 1.29 is 0 Å². The quantitative estimate of drug-likeness (QED) is 0.520. The highest BCUT2D eigenvalue weighted by Gasteiger charge is 1.87. The predicted octanol–water partition coefficient (Wildman–Crippen LogP) is 1.46. The van der Waals surface area contributed by atoms with Crippen LogP contribution in [0.2, 0.25) is 0 Å². The summed E-state index contributed by atoms with van der Waals surface area (Å²) in [6.45, 7) is 4.48. The van der Waals surface area contributed by atoms with Crippen molar-refractivity contribution in [2.45, 2.75) is 6.42 Å². The van der Waals surface area contributed by atoms with E-state index in [4.69, 9.17) is 0 Å². The Labute approximate surface area is 66.2 Å². The van der Waals surface area contributed by atoms with Gasteiger partial charge in [-0.3, -0.25) is 4.98 Å². The minimum absolute atomic E-state index is 0.814. The molecule has 0 aliphatic heterocycles. The molecule has 1 rings (SSSR count). The monoisotopic (exact) mass is 149 g/mol. The minimum Gasteiger partial charge on any atom is -0.368 e. The van der Waals surface area contributed by atoms with Crippen LogP contribution in [0.5, 0.6) is 0 Å². The van der Waals surface area contributed by atoms with Crippen LogP contribution in [0, 0.1) is 0 Å². The van der Waals surface area contributed by atoms with Crippen molar-refractivity contribution in [2.75, 3.05) is 11.9 Å². The molecule has 3 heteroatoms. The molecule has 0 saturated carbocycles. The Balaban J connectivity index is 2.33. The number of rotatable bonds is 4. The lowest BCUT2D eigenvalue weighted by molar-refractivity contribution is 1.04. The summed E-state index contributed by atoms with van der Waals surface area (Å²) in [7, 11) is 0. The van der Waals surface area contributed by atoms with Crippen LogP contribution in [0.1, 0.15) is 6.42 Å². The third-order valence-electron chi connectivity index (χ3n) is 1.22. The maximum Gasteiger partial charge on any atom is 0.144 e. The van der Waals surface area contributed by atoms with Gasteiger partial charge in [0.15, 0.2) is 0 Å². The highest BCUT2D eigenvalue weighted by molar-refractivity contribution is 5.29. The molecule has 0 fully saturated rings. The second-order valence-electron chi connectivity index (χ2n) is 2.09. The largest absolute Gasteiger partial charge is 0.368 e. The Morgan fingerprint density at radius 2 is 2.45 bits per heavy atom. The summed E-state index contributed by atoms with van der Waals surface area (Å²) >= 11 is 0. The first-order chi connectivity index (χ1) is 5.43. The molecule has 11 heavy (non-hydrogen) atoms. The van der Waals surface area contributed by atoms with Crippen molar-refractivity contribution in [1.82, 2.24) is 9.97 Å². The van der Waals surface area contributed by atoms with Crippen LogP contribution in [0.4, 0.5) is 5.82 Å². The molecule has 0 unspecified atom stereocenters. The number of anilines is 1. The second kappa shape index (κ2) is 4.44. The summed E-state index contributed by atoms with van der Waals surface area (Å²) < 4.78 is 0. The first-order valence-corrected chi connectivity index (χ1v) is 3.54. The van der Waals surface area contributed by atoms with Gasteiger partial charge in [-0.2, -0.15) is 0 Å². The van der Waals surface area contributed by atoms with Gasteiger partial charge in [-0.15, -0.1) is 6.58 Å². The molecule has 0 atom stereocenters. The first kappa shape index (κ1) is 7.72. The third kappa shape index (κ3) is 2.80. The van der Waals surface area contributed by atoms with Gasteiger partial charge in [0.25, 0.3) is 0 Å². The molecule has 0 spiro atoms. The molecule has 0 saturated heterocycles. The Morgan fingerprint density at radius 1 is 1.55 bits per heavy atom. The lowest BCUT2D eigenvalue weighted by atomic mass is 10.4. The number of aromatic nitrogens is 2. The fourth-order valence-electron chi connectivity index (χ4n) is 0.693. The van der Waals surface area contributed by atoms with E-state index >= 15 is 0 Å². The van der Waals surface area contributed by atoms with E-state index in [2.05, 4.69) is 21.9 Å². The zero-order valence-corrected chi connectivity index (χ0v) is 6.33. The van der Waals surface area contributed by atoms with Gasteiger partial charge in [-0.05, 0) is 6.42 Å². The van der Waals surface area contributed by atoms with Crippen molar-refractivity contribution in [1.29, 1.82) is 0 Å². The van der Waals surface area contributed by atoms with Crippen LogP contribution in [-0.4, -0.2) is 16.5 Å². The summed E-state index contributed by atoms with van der Waals surface area (Å²) in [5.41, 5.74) is 0. The molecule has 0 aromatic carbocycles. The number of hydrogen-bond donors (Lipinski definition) is 1. The predicted molar refractivity (Wildman–Crippen MR) is 45.3 cm³/mol. The van der Waals surface area contributed by atoms with Crippen LogP contribution in [-0.2, 0) is 0 Å². The topological polar surface area (TPSA) is 37.8 Å². The van der Waals surface area contributed by atoms with E-state index in [-0.39, 0.29) is 0 Å². The van der Waals surface area contributed by atoms with E-state index in [9.17, 15) is 0 Å². The summed E-state index contributed by atoms with van der Waals surface area (Å²) in [6, 6.07) is 0. The van der Waals surface area contributed by atoms with Gasteiger partial charge in [0.2, 0.25) is 0 Å². The van der Waals surface area contributed by atoms with E-state index in [0.717, 1.165) is 18.8 Å². The normalized spacial score (nSPS) is 9.09. The molecule has 3 nitrogen and oxygen atoms in total. The van der Waals surface area contributed by atoms with Crippen LogP contribution in [0.3, 0.4) is 0 Å². The molecule has 0 amide bonds. The van der Waals surface area contributed by atoms with Gasteiger partial charge in [0.05, 0.1) is 6.20 Å². The highest BCUT2D eigenvalue weighted by atomic mass is 15.0. The number of nitrogens with one attached hydrogen (secondary N) is 1. The molecular weight excluding hydrogens is 138 g/mol. The molecule has 1 aromatic heterocycles. The average Bonchev–Trinajstić information content (AvgIpc) is 2.07. The molecule has 0 aliphatic carbocycles. The number of nitrogens with zero attached hydrogens (tertiary/aromatic N) is 2.